The van der Waals surface area contributed by atoms with Gasteiger partial charge in [-0.15, -0.1) is 11.3 Å². The minimum atomic E-state index is -0.417. The van der Waals surface area contributed by atoms with E-state index in [9.17, 15) is 9.59 Å². The van der Waals surface area contributed by atoms with Gasteiger partial charge in [-0.3, -0.25) is 14.5 Å². The second-order valence-corrected chi connectivity index (χ2v) is 4.97. The van der Waals surface area contributed by atoms with Gasteiger partial charge in [0.25, 0.3) is 5.91 Å². The average Bonchev–Trinajstić information content (AvgIpc) is 2.86. The number of nitrogens with zero attached hydrogens (tertiary/aromatic N) is 2. The summed E-state index contributed by atoms with van der Waals surface area (Å²) in [6.45, 7) is 0. The molecule has 3 rings (SSSR count). The van der Waals surface area contributed by atoms with Gasteiger partial charge in [-0.1, -0.05) is 0 Å². The molecule has 1 aliphatic carbocycles. The van der Waals surface area contributed by atoms with Crippen LogP contribution in [0.2, 0.25) is 0 Å². The molecule has 2 fully saturated rings. The number of hydrogen-bond donors (Lipinski definition) is 1. The fourth-order valence-corrected chi connectivity index (χ4v) is 2.51. The van der Waals surface area contributed by atoms with Gasteiger partial charge in [-0.2, -0.15) is 0 Å². The molecule has 2 heterocycles. The predicted octanol–water partition coefficient (Wildman–Crippen LogP) is 0.845. The van der Waals surface area contributed by atoms with E-state index in [-0.39, 0.29) is 24.3 Å². The van der Waals surface area contributed by atoms with Crippen molar-refractivity contribution in [3.05, 3.63) is 11.6 Å². The van der Waals surface area contributed by atoms with Crippen molar-refractivity contribution in [2.45, 2.75) is 31.3 Å². The van der Waals surface area contributed by atoms with Gasteiger partial charge in [-0.25, -0.2) is 4.98 Å². The molecule has 1 atom stereocenters. The molecule has 1 saturated heterocycles. The number of nitrogens with one attached hydrogen (secondary N) is 1. The number of likely N-dealkylation sites (tertiary alicyclic amines) is 1. The summed E-state index contributed by atoms with van der Waals surface area (Å²) in [6, 6.07) is -0.248. The average molecular weight is 237 g/mol. The van der Waals surface area contributed by atoms with E-state index in [0.717, 1.165) is 12.8 Å². The van der Waals surface area contributed by atoms with E-state index in [4.69, 9.17) is 0 Å². The van der Waals surface area contributed by atoms with Crippen LogP contribution >= 0.6 is 11.3 Å². The Morgan fingerprint density at radius 3 is 2.88 bits per heavy atom. The predicted molar refractivity (Wildman–Crippen MR) is 59.0 cm³/mol. The van der Waals surface area contributed by atoms with Gasteiger partial charge in [0.1, 0.15) is 6.04 Å². The third-order valence-corrected chi connectivity index (χ3v) is 3.53. The van der Waals surface area contributed by atoms with E-state index in [2.05, 4.69) is 10.3 Å². The van der Waals surface area contributed by atoms with Crippen LogP contribution in [0.4, 0.5) is 5.13 Å². The molecule has 1 unspecified atom stereocenters. The number of carbonyl (C=O) groups is 2. The Hall–Kier alpha value is -1.43. The molecule has 1 aliphatic heterocycles. The first kappa shape index (κ1) is 9.77. The Balaban J connectivity index is 1.73. The molecule has 0 radical (unpaired) electrons. The monoisotopic (exact) mass is 237 g/mol. The number of anilines is 1. The third kappa shape index (κ3) is 1.59. The molecule has 2 aliphatic rings. The van der Waals surface area contributed by atoms with Crippen LogP contribution < -0.4 is 5.32 Å². The highest BCUT2D eigenvalue weighted by Gasteiger charge is 2.46. The van der Waals surface area contributed by atoms with Crippen molar-refractivity contribution in [3.8, 4) is 0 Å². The van der Waals surface area contributed by atoms with E-state index < -0.39 is 6.04 Å². The molecule has 5 nitrogen and oxygen atoms in total. The fraction of sp³-hybridized carbons (Fsp3) is 0.500. The molecule has 1 N–H and O–H groups in total. The van der Waals surface area contributed by atoms with Gasteiger partial charge in [0, 0.05) is 17.6 Å². The zero-order chi connectivity index (χ0) is 11.1. The summed E-state index contributed by atoms with van der Waals surface area (Å²) < 4.78 is 0. The topological polar surface area (TPSA) is 62.3 Å². The largest absolute Gasteiger partial charge is 0.349 e. The Morgan fingerprint density at radius 2 is 2.25 bits per heavy atom. The lowest BCUT2D eigenvalue weighted by molar-refractivity contribution is -0.139. The summed E-state index contributed by atoms with van der Waals surface area (Å²) in [5, 5.41) is 5.54. The van der Waals surface area contributed by atoms with E-state index in [1.807, 2.05) is 5.38 Å². The standard InChI is InChI=1S/C10H11N3O2S/c14-8-5-7(12-10-11-3-4-16-10)9(15)13(8)6-1-2-6/h3-4,6-7H,1-2,5H2,(H,11,12). The van der Waals surface area contributed by atoms with Crippen molar-refractivity contribution in [2.75, 3.05) is 5.32 Å². The molecule has 0 bridgehead atoms. The molecular formula is C10H11N3O2S. The minimum Gasteiger partial charge on any atom is -0.349 e. The summed E-state index contributed by atoms with van der Waals surface area (Å²) in [4.78, 5) is 29.1. The van der Waals surface area contributed by atoms with Crippen LogP contribution in [0.1, 0.15) is 19.3 Å². The van der Waals surface area contributed by atoms with Crippen LogP contribution in [0, 0.1) is 0 Å². The number of thiazole rings is 1. The van der Waals surface area contributed by atoms with Gasteiger partial charge in [-0.05, 0) is 12.8 Å². The highest BCUT2D eigenvalue weighted by Crippen LogP contribution is 2.32. The molecular weight excluding hydrogens is 226 g/mol. The van der Waals surface area contributed by atoms with Crippen LogP contribution in [-0.2, 0) is 9.59 Å². The van der Waals surface area contributed by atoms with Crippen LogP contribution in [0.3, 0.4) is 0 Å². The summed E-state index contributed by atoms with van der Waals surface area (Å²) in [7, 11) is 0. The van der Waals surface area contributed by atoms with Crippen molar-refractivity contribution in [2.24, 2.45) is 0 Å². The Morgan fingerprint density at radius 1 is 1.44 bits per heavy atom. The molecule has 1 aromatic heterocycles. The van der Waals surface area contributed by atoms with Gasteiger partial charge in [0.15, 0.2) is 5.13 Å². The van der Waals surface area contributed by atoms with Crippen molar-refractivity contribution in [1.29, 1.82) is 0 Å². The van der Waals surface area contributed by atoms with Crippen molar-refractivity contribution in [1.82, 2.24) is 9.88 Å². The van der Waals surface area contributed by atoms with Gasteiger partial charge in [0.05, 0.1) is 6.42 Å². The quantitative estimate of drug-likeness (QED) is 0.791. The summed E-state index contributed by atoms with van der Waals surface area (Å²) in [5.41, 5.74) is 0. The molecule has 2 amide bonds. The van der Waals surface area contributed by atoms with Crippen LogP contribution in [0.5, 0.6) is 0 Å². The van der Waals surface area contributed by atoms with Gasteiger partial charge < -0.3 is 5.32 Å². The maximum atomic E-state index is 11.9. The lowest BCUT2D eigenvalue weighted by Crippen LogP contribution is -2.36. The molecule has 1 saturated carbocycles. The molecule has 84 valence electrons. The molecule has 0 aromatic carbocycles. The maximum Gasteiger partial charge on any atom is 0.252 e. The fourth-order valence-electron chi connectivity index (χ4n) is 1.92. The number of rotatable bonds is 3. The Bertz CT molecular complexity index is 427. The second-order valence-electron chi connectivity index (χ2n) is 4.07. The zero-order valence-corrected chi connectivity index (χ0v) is 9.37. The van der Waals surface area contributed by atoms with Crippen LogP contribution in [0.25, 0.3) is 0 Å². The van der Waals surface area contributed by atoms with Crippen LogP contribution in [-0.4, -0.2) is 33.8 Å². The SMILES string of the molecule is O=C1CC(Nc2nccs2)C(=O)N1C1CC1. The first-order valence-electron chi connectivity index (χ1n) is 5.27. The highest BCUT2D eigenvalue weighted by atomic mass is 32.1. The summed E-state index contributed by atoms with van der Waals surface area (Å²) in [6.07, 6.45) is 3.85. The second kappa shape index (κ2) is 3.55. The first-order chi connectivity index (χ1) is 7.75. The third-order valence-electron chi connectivity index (χ3n) is 2.83. The van der Waals surface area contributed by atoms with Gasteiger partial charge >= 0.3 is 0 Å². The Labute approximate surface area is 96.5 Å². The summed E-state index contributed by atoms with van der Waals surface area (Å²) in [5.74, 6) is -0.149. The normalized spacial score (nSPS) is 25.2. The lowest BCUT2D eigenvalue weighted by atomic mass is 10.2. The molecule has 16 heavy (non-hydrogen) atoms. The maximum absolute atomic E-state index is 11.9. The van der Waals surface area contributed by atoms with E-state index in [1.54, 1.807) is 6.20 Å². The minimum absolute atomic E-state index is 0.0541. The van der Waals surface area contributed by atoms with Crippen molar-refractivity contribution in [3.63, 3.8) is 0 Å². The smallest absolute Gasteiger partial charge is 0.252 e. The number of hydrogen-bond acceptors (Lipinski definition) is 5. The molecule has 1 aromatic rings. The summed E-state index contributed by atoms with van der Waals surface area (Å²) >= 11 is 1.43. The number of imide groups is 1. The number of aromatic nitrogens is 1. The van der Waals surface area contributed by atoms with Gasteiger partial charge in [0.2, 0.25) is 5.91 Å². The van der Waals surface area contributed by atoms with E-state index in [0.29, 0.717) is 5.13 Å². The highest BCUT2D eigenvalue weighted by molar-refractivity contribution is 7.13. The van der Waals surface area contributed by atoms with Crippen LogP contribution in [0.15, 0.2) is 11.6 Å². The van der Waals surface area contributed by atoms with Crippen molar-refractivity contribution < 1.29 is 9.59 Å². The number of amides is 2. The lowest BCUT2D eigenvalue weighted by Gasteiger charge is -2.13. The molecule has 6 heteroatoms. The first-order valence-corrected chi connectivity index (χ1v) is 6.15. The molecule has 0 spiro atoms. The number of carbonyl (C=O) groups excluding carboxylic acids is 2. The van der Waals surface area contributed by atoms with E-state index in [1.165, 1.54) is 16.2 Å². The van der Waals surface area contributed by atoms with Crippen molar-refractivity contribution >= 4 is 28.3 Å². The van der Waals surface area contributed by atoms with E-state index >= 15 is 0 Å². The Kier molecular flexibility index (Phi) is 2.17. The zero-order valence-electron chi connectivity index (χ0n) is 8.55.